The topological polar surface area (TPSA) is 54.9 Å². The van der Waals surface area contributed by atoms with Gasteiger partial charge in [0, 0.05) is 18.7 Å². The van der Waals surface area contributed by atoms with Crippen LogP contribution in [0.15, 0.2) is 36.4 Å². The first kappa shape index (κ1) is 24.9. The lowest BCUT2D eigenvalue weighted by molar-refractivity contribution is 0.0983. The summed E-state index contributed by atoms with van der Waals surface area (Å²) < 4.78 is 11.8. The van der Waals surface area contributed by atoms with Crippen LogP contribution in [0.25, 0.3) is 10.2 Å². The molecule has 0 aliphatic carbocycles. The third-order valence-corrected chi connectivity index (χ3v) is 6.29. The number of hydrogen-bond donors (Lipinski definition) is 0. The molecule has 0 spiro atoms. The Hall–Kier alpha value is -2.35. The molecule has 0 aliphatic rings. The molecular formula is C23H30ClN3O3S. The SMILES string of the molecule is CCN(CC)CCN(C(=O)c1ccc(OC)c(OC)c1)c1nc2c(C)cccc2s1.Cl. The molecule has 6 nitrogen and oxygen atoms in total. The number of fused-ring (bicyclic) bond motifs is 1. The van der Waals surface area contributed by atoms with Gasteiger partial charge in [-0.05, 0) is 49.8 Å². The van der Waals surface area contributed by atoms with Crippen molar-refractivity contribution in [2.75, 3.05) is 45.3 Å². The summed E-state index contributed by atoms with van der Waals surface area (Å²) in [5, 5.41) is 0.714. The smallest absolute Gasteiger partial charge is 0.260 e. The zero-order chi connectivity index (χ0) is 21.7. The first-order valence-electron chi connectivity index (χ1n) is 10.1. The standard InChI is InChI=1S/C23H29N3O3S.ClH/c1-6-25(7-2)13-14-26(23-24-21-16(3)9-8-10-20(21)30-23)22(27)17-11-12-18(28-4)19(15-17)29-5;/h8-12,15H,6-7,13-14H2,1-5H3;1H. The lowest BCUT2D eigenvalue weighted by Gasteiger charge is -2.25. The number of hydrogen-bond acceptors (Lipinski definition) is 6. The number of nitrogens with zero attached hydrogens (tertiary/aromatic N) is 3. The Kier molecular flexibility index (Phi) is 9.10. The molecule has 0 saturated heterocycles. The number of thiazole rings is 1. The maximum atomic E-state index is 13.5. The molecule has 1 aromatic heterocycles. The summed E-state index contributed by atoms with van der Waals surface area (Å²) in [4.78, 5) is 22.4. The minimum atomic E-state index is -0.0974. The summed E-state index contributed by atoms with van der Waals surface area (Å²) in [6.07, 6.45) is 0. The van der Waals surface area contributed by atoms with Crippen LogP contribution in [0.1, 0.15) is 29.8 Å². The van der Waals surface area contributed by atoms with Gasteiger partial charge < -0.3 is 14.4 Å². The van der Waals surface area contributed by atoms with Crippen LogP contribution >= 0.6 is 23.7 Å². The van der Waals surface area contributed by atoms with Gasteiger partial charge in [-0.2, -0.15) is 0 Å². The van der Waals surface area contributed by atoms with E-state index in [4.69, 9.17) is 14.5 Å². The number of carbonyl (C=O) groups is 1. The molecule has 1 amide bonds. The Morgan fingerprint density at radius 2 is 1.74 bits per heavy atom. The van der Waals surface area contributed by atoms with E-state index in [1.54, 1.807) is 48.7 Å². The van der Waals surface area contributed by atoms with Gasteiger partial charge in [0.05, 0.1) is 24.4 Å². The van der Waals surface area contributed by atoms with E-state index in [0.717, 1.165) is 35.4 Å². The number of rotatable bonds is 9. The maximum absolute atomic E-state index is 13.5. The Balaban J connectivity index is 0.00000341. The van der Waals surface area contributed by atoms with Gasteiger partial charge in [-0.15, -0.1) is 12.4 Å². The number of carbonyl (C=O) groups excluding carboxylic acids is 1. The zero-order valence-electron chi connectivity index (χ0n) is 18.7. The number of para-hydroxylation sites is 1. The summed E-state index contributed by atoms with van der Waals surface area (Å²) >= 11 is 1.55. The predicted molar refractivity (Wildman–Crippen MR) is 131 cm³/mol. The van der Waals surface area contributed by atoms with Gasteiger partial charge in [0.15, 0.2) is 16.6 Å². The Morgan fingerprint density at radius 3 is 2.35 bits per heavy atom. The molecule has 31 heavy (non-hydrogen) atoms. The van der Waals surface area contributed by atoms with Gasteiger partial charge in [-0.1, -0.05) is 37.3 Å². The van der Waals surface area contributed by atoms with Crippen LogP contribution < -0.4 is 14.4 Å². The van der Waals surface area contributed by atoms with Gasteiger partial charge in [0.1, 0.15) is 0 Å². The fourth-order valence-corrected chi connectivity index (χ4v) is 4.45. The van der Waals surface area contributed by atoms with Crippen molar-refractivity contribution in [3.8, 4) is 11.5 Å². The molecule has 2 aromatic carbocycles. The largest absolute Gasteiger partial charge is 0.493 e. The van der Waals surface area contributed by atoms with Crippen molar-refractivity contribution in [3.63, 3.8) is 0 Å². The molecule has 3 rings (SSSR count). The highest BCUT2D eigenvalue weighted by Crippen LogP contribution is 2.33. The Labute approximate surface area is 194 Å². The summed E-state index contributed by atoms with van der Waals surface area (Å²) in [7, 11) is 3.15. The first-order valence-corrected chi connectivity index (χ1v) is 11.0. The predicted octanol–water partition coefficient (Wildman–Crippen LogP) is 5.03. The molecule has 168 valence electrons. The number of halogens is 1. The second-order valence-electron chi connectivity index (χ2n) is 6.97. The van der Waals surface area contributed by atoms with Crippen LogP contribution in [0.2, 0.25) is 0 Å². The molecule has 0 aliphatic heterocycles. The van der Waals surface area contributed by atoms with E-state index < -0.39 is 0 Å². The highest BCUT2D eigenvalue weighted by molar-refractivity contribution is 7.22. The highest BCUT2D eigenvalue weighted by Gasteiger charge is 2.23. The second kappa shape index (κ2) is 11.3. The minimum absolute atomic E-state index is 0. The number of aryl methyl sites for hydroxylation is 1. The molecule has 3 aromatic rings. The van der Waals surface area contributed by atoms with Gasteiger partial charge >= 0.3 is 0 Å². The summed E-state index contributed by atoms with van der Waals surface area (Å²) in [6, 6.07) is 11.4. The number of amides is 1. The number of methoxy groups -OCH3 is 2. The number of aromatic nitrogens is 1. The van der Waals surface area contributed by atoms with E-state index in [0.29, 0.717) is 28.7 Å². The molecule has 8 heteroatoms. The fourth-order valence-electron chi connectivity index (χ4n) is 3.38. The van der Waals surface area contributed by atoms with E-state index in [9.17, 15) is 4.79 Å². The van der Waals surface area contributed by atoms with Gasteiger partial charge in [0.25, 0.3) is 5.91 Å². The molecule has 0 saturated carbocycles. The second-order valence-corrected chi connectivity index (χ2v) is 7.98. The summed E-state index contributed by atoms with van der Waals surface area (Å²) in [6.45, 7) is 9.52. The van der Waals surface area contributed by atoms with Crippen LogP contribution in [0, 0.1) is 6.92 Å². The van der Waals surface area contributed by atoms with E-state index in [2.05, 4.69) is 18.7 Å². The number of anilines is 1. The van der Waals surface area contributed by atoms with Crippen LogP contribution in [-0.2, 0) is 0 Å². The van der Waals surface area contributed by atoms with Crippen LogP contribution in [0.3, 0.4) is 0 Å². The third kappa shape index (κ3) is 5.47. The number of ether oxygens (including phenoxy) is 2. The van der Waals surface area contributed by atoms with E-state index in [1.165, 1.54) is 0 Å². The van der Waals surface area contributed by atoms with Gasteiger partial charge in [-0.3, -0.25) is 9.69 Å². The van der Waals surface area contributed by atoms with Gasteiger partial charge in [0.2, 0.25) is 0 Å². The van der Waals surface area contributed by atoms with Crippen molar-refractivity contribution in [1.29, 1.82) is 0 Å². The van der Waals surface area contributed by atoms with Crippen molar-refractivity contribution in [1.82, 2.24) is 9.88 Å². The molecule has 0 fully saturated rings. The average molecular weight is 464 g/mol. The van der Waals surface area contributed by atoms with Crippen LogP contribution in [-0.4, -0.2) is 56.2 Å². The number of likely N-dealkylation sites (N-methyl/N-ethyl adjacent to an activating group) is 1. The van der Waals surface area contributed by atoms with Crippen molar-refractivity contribution >= 4 is 45.0 Å². The van der Waals surface area contributed by atoms with Crippen LogP contribution in [0.5, 0.6) is 11.5 Å². The molecular weight excluding hydrogens is 434 g/mol. The number of benzene rings is 2. The fraction of sp³-hybridized carbons (Fsp3) is 0.391. The Bertz CT molecular complexity index is 1020. The summed E-state index contributed by atoms with van der Waals surface area (Å²) in [5.41, 5.74) is 2.60. The quantitative estimate of drug-likeness (QED) is 0.445. The lowest BCUT2D eigenvalue weighted by atomic mass is 10.1. The minimum Gasteiger partial charge on any atom is -0.493 e. The van der Waals surface area contributed by atoms with Gasteiger partial charge in [-0.25, -0.2) is 4.98 Å². The molecule has 0 atom stereocenters. The van der Waals surface area contributed by atoms with Crippen molar-refractivity contribution in [2.45, 2.75) is 20.8 Å². The van der Waals surface area contributed by atoms with Crippen molar-refractivity contribution in [2.24, 2.45) is 0 Å². The molecule has 0 bridgehead atoms. The van der Waals surface area contributed by atoms with Crippen molar-refractivity contribution < 1.29 is 14.3 Å². The molecule has 0 radical (unpaired) electrons. The monoisotopic (exact) mass is 463 g/mol. The highest BCUT2D eigenvalue weighted by atomic mass is 35.5. The van der Waals surface area contributed by atoms with E-state index >= 15 is 0 Å². The first-order chi connectivity index (χ1) is 14.5. The Morgan fingerprint density at radius 1 is 1.03 bits per heavy atom. The normalized spacial score (nSPS) is 10.8. The zero-order valence-corrected chi connectivity index (χ0v) is 20.3. The third-order valence-electron chi connectivity index (χ3n) is 5.25. The molecule has 0 N–H and O–H groups in total. The average Bonchev–Trinajstić information content (AvgIpc) is 3.21. The maximum Gasteiger partial charge on any atom is 0.260 e. The van der Waals surface area contributed by atoms with Crippen molar-refractivity contribution in [3.05, 3.63) is 47.5 Å². The molecule has 0 unspecified atom stereocenters. The lowest BCUT2D eigenvalue weighted by Crippen LogP contribution is -2.38. The van der Waals surface area contributed by atoms with E-state index in [-0.39, 0.29) is 18.3 Å². The van der Waals surface area contributed by atoms with Crippen LogP contribution in [0.4, 0.5) is 5.13 Å². The molecule has 1 heterocycles. The van der Waals surface area contributed by atoms with E-state index in [1.807, 2.05) is 25.1 Å². The summed E-state index contributed by atoms with van der Waals surface area (Å²) in [5.74, 6) is 1.03.